The summed E-state index contributed by atoms with van der Waals surface area (Å²) in [5, 5.41) is 19.0. The molecule has 38 heavy (non-hydrogen) atoms. The molecule has 2 rings (SSSR count). The molecular formula is C25H42KN3O9. The second-order valence-corrected chi connectivity index (χ2v) is 9.87. The minimum Gasteiger partial charge on any atom is -0.550 e. The van der Waals surface area contributed by atoms with Crippen molar-refractivity contribution in [2.45, 2.75) is 83.3 Å². The van der Waals surface area contributed by atoms with E-state index in [-0.39, 0.29) is 113 Å². The molecule has 0 aromatic heterocycles. The summed E-state index contributed by atoms with van der Waals surface area (Å²) < 4.78 is 23.5. The number of carboxylic acid groups (broad SMARTS) is 1. The van der Waals surface area contributed by atoms with Crippen LogP contribution in [0.5, 0.6) is 0 Å². The number of carboxylic acids is 1. The molecule has 2 amide bonds. The van der Waals surface area contributed by atoms with Crippen LogP contribution in [0.4, 0.5) is 0 Å². The Morgan fingerprint density at radius 2 is 1.42 bits per heavy atom. The fourth-order valence-corrected chi connectivity index (χ4v) is 4.08. The number of aliphatic carboxylic acids is 1. The van der Waals surface area contributed by atoms with Gasteiger partial charge in [0.15, 0.2) is 12.6 Å². The maximum Gasteiger partial charge on any atom is 1.00 e. The van der Waals surface area contributed by atoms with E-state index in [4.69, 9.17) is 18.9 Å². The molecular weight excluding hydrogens is 525 g/mol. The van der Waals surface area contributed by atoms with Crippen LogP contribution < -0.4 is 72.4 Å². The predicted molar refractivity (Wildman–Crippen MR) is 130 cm³/mol. The van der Waals surface area contributed by atoms with E-state index in [0.717, 1.165) is 19.4 Å². The first-order chi connectivity index (χ1) is 17.7. The van der Waals surface area contributed by atoms with Gasteiger partial charge in [-0.25, -0.2) is 0 Å². The summed E-state index contributed by atoms with van der Waals surface area (Å²) >= 11 is 0. The van der Waals surface area contributed by atoms with Crippen molar-refractivity contribution < 1.29 is 94.6 Å². The normalized spacial score (nSPS) is 23.7. The largest absolute Gasteiger partial charge is 1.00 e. The van der Waals surface area contributed by atoms with Gasteiger partial charge >= 0.3 is 51.4 Å². The Morgan fingerprint density at radius 1 is 0.868 bits per heavy atom. The summed E-state index contributed by atoms with van der Waals surface area (Å²) in [4.78, 5) is 46.5. The van der Waals surface area contributed by atoms with Gasteiger partial charge in [0, 0.05) is 31.8 Å². The number of carbonyl (C=O) groups is 4. The van der Waals surface area contributed by atoms with Crippen LogP contribution in [0.2, 0.25) is 0 Å². The fraction of sp³-hybridized carbons (Fsp3) is 0.840. The third kappa shape index (κ3) is 14.2. The molecule has 1 spiro atoms. The van der Waals surface area contributed by atoms with Crippen molar-refractivity contribution >= 4 is 23.6 Å². The third-order valence-corrected chi connectivity index (χ3v) is 6.31. The Hall–Kier alpha value is -0.484. The Labute approximate surface area is 267 Å². The zero-order valence-corrected chi connectivity index (χ0v) is 26.1. The first-order valence-electron chi connectivity index (χ1n) is 13.1. The first kappa shape index (κ1) is 35.5. The minimum atomic E-state index is -1.23. The number of hydrogen-bond acceptors (Lipinski definition) is 10. The van der Waals surface area contributed by atoms with Crippen molar-refractivity contribution in [3.63, 3.8) is 0 Å². The maximum atomic E-state index is 12.6. The van der Waals surface area contributed by atoms with Crippen LogP contribution in [0.1, 0.15) is 64.7 Å². The second kappa shape index (κ2) is 19.6. The quantitative estimate of drug-likeness (QED) is 0.118. The topological polar surface area (TPSA) is 164 Å². The number of amides is 2. The van der Waals surface area contributed by atoms with E-state index in [9.17, 15) is 24.3 Å². The molecule has 13 heteroatoms. The molecule has 2 aliphatic rings. The summed E-state index contributed by atoms with van der Waals surface area (Å²) in [6, 6.07) is -0.866. The van der Waals surface area contributed by atoms with E-state index in [1.807, 2.05) is 7.05 Å². The Bertz CT molecular complexity index is 738. The fourth-order valence-electron chi connectivity index (χ4n) is 4.08. The molecule has 0 bridgehead atoms. The third-order valence-electron chi connectivity index (χ3n) is 6.31. The molecule has 2 fully saturated rings. The number of ketones is 1. The van der Waals surface area contributed by atoms with E-state index >= 15 is 0 Å². The summed E-state index contributed by atoms with van der Waals surface area (Å²) in [6.07, 6.45) is 2.60. The van der Waals surface area contributed by atoms with E-state index in [2.05, 4.69) is 16.0 Å². The van der Waals surface area contributed by atoms with Gasteiger partial charge in [-0.2, -0.15) is 0 Å². The molecule has 3 N–H and O–H groups in total. The average Bonchev–Trinajstić information content (AvgIpc) is 2.86. The number of hydrogen-bond donors (Lipinski definition) is 3. The summed E-state index contributed by atoms with van der Waals surface area (Å²) in [5.74, 6) is -2.15. The maximum absolute atomic E-state index is 12.6. The standard InChI is InChI=1S/C25H43N3O9.K/c1-18(29)10-11-19(28-20(30)6-3-7-21(31)32)24(33)27-13-5-9-23-36-16-25(17-37-23)14-34-22(35-15-25)8-4-12-26-2;/h19,22-23,26H,3-17H2,1-2H3,(H,27,33)(H,28,30)(H,31,32);/q;+1/p-1. The molecule has 2 aliphatic heterocycles. The van der Waals surface area contributed by atoms with Crippen molar-refractivity contribution in [1.29, 1.82) is 0 Å². The van der Waals surface area contributed by atoms with Gasteiger partial charge in [-0.3, -0.25) is 9.59 Å². The average molecular weight is 568 g/mol. The zero-order chi connectivity index (χ0) is 27.1. The SMILES string of the molecule is CNCCCC1OCC2(CO1)COC(CCCNC(=O)C(CCC(C)=O)NC(=O)CCCC(=O)[O-])OC2.[K+]. The van der Waals surface area contributed by atoms with Gasteiger partial charge in [0.05, 0.1) is 31.8 Å². The van der Waals surface area contributed by atoms with Gasteiger partial charge in [-0.15, -0.1) is 0 Å². The monoisotopic (exact) mass is 567 g/mol. The summed E-state index contributed by atoms with van der Waals surface area (Å²) in [6.45, 7) is 4.70. The molecule has 2 saturated heterocycles. The van der Waals surface area contributed by atoms with Gasteiger partial charge in [0.25, 0.3) is 0 Å². The molecule has 1 unspecified atom stereocenters. The molecule has 0 aromatic carbocycles. The Kier molecular flexibility index (Phi) is 18.3. The number of Topliss-reactive ketones (excluding diaryl/α,β-unsaturated/α-hetero) is 1. The van der Waals surface area contributed by atoms with E-state index in [1.165, 1.54) is 6.92 Å². The number of rotatable bonds is 17. The van der Waals surface area contributed by atoms with Crippen LogP contribution in [0.15, 0.2) is 0 Å². The number of ether oxygens (including phenoxy) is 4. The van der Waals surface area contributed by atoms with Crippen LogP contribution in [0.25, 0.3) is 0 Å². The van der Waals surface area contributed by atoms with Crippen LogP contribution >= 0.6 is 0 Å². The zero-order valence-electron chi connectivity index (χ0n) is 23.0. The minimum absolute atomic E-state index is 0. The van der Waals surface area contributed by atoms with E-state index < -0.39 is 17.9 Å². The number of nitrogens with one attached hydrogen (secondary N) is 3. The van der Waals surface area contributed by atoms with Crippen molar-refractivity contribution in [2.24, 2.45) is 5.41 Å². The van der Waals surface area contributed by atoms with Crippen LogP contribution in [0.3, 0.4) is 0 Å². The predicted octanol–water partition coefficient (Wildman–Crippen LogP) is -3.61. The van der Waals surface area contributed by atoms with Gasteiger partial charge in [0.1, 0.15) is 11.8 Å². The molecule has 0 saturated carbocycles. The van der Waals surface area contributed by atoms with Crippen molar-refractivity contribution in [2.75, 3.05) is 46.6 Å². The Morgan fingerprint density at radius 3 is 1.92 bits per heavy atom. The van der Waals surface area contributed by atoms with Crippen LogP contribution in [0, 0.1) is 5.41 Å². The van der Waals surface area contributed by atoms with Crippen molar-refractivity contribution in [1.82, 2.24) is 16.0 Å². The number of carbonyl (C=O) groups excluding carboxylic acids is 4. The van der Waals surface area contributed by atoms with Gasteiger partial charge < -0.3 is 49.6 Å². The van der Waals surface area contributed by atoms with Crippen molar-refractivity contribution in [3.05, 3.63) is 0 Å². The van der Waals surface area contributed by atoms with E-state index in [0.29, 0.717) is 45.8 Å². The molecule has 212 valence electrons. The Balaban J connectivity index is 0.00000722. The van der Waals surface area contributed by atoms with Gasteiger partial charge in [-0.05, 0) is 59.0 Å². The molecule has 12 nitrogen and oxygen atoms in total. The first-order valence-corrected chi connectivity index (χ1v) is 13.1. The molecule has 0 radical (unpaired) electrons. The van der Waals surface area contributed by atoms with Gasteiger partial charge in [0.2, 0.25) is 11.8 Å². The second-order valence-electron chi connectivity index (χ2n) is 9.87. The van der Waals surface area contributed by atoms with Crippen LogP contribution in [-0.4, -0.2) is 88.8 Å². The van der Waals surface area contributed by atoms with Crippen LogP contribution in [-0.2, 0) is 38.1 Å². The molecule has 2 heterocycles. The molecule has 1 atom stereocenters. The summed E-state index contributed by atoms with van der Waals surface area (Å²) in [5.41, 5.74) is -0.298. The summed E-state index contributed by atoms with van der Waals surface area (Å²) in [7, 11) is 1.92. The van der Waals surface area contributed by atoms with Crippen molar-refractivity contribution in [3.8, 4) is 0 Å². The molecule has 0 aromatic rings. The molecule has 0 aliphatic carbocycles. The van der Waals surface area contributed by atoms with E-state index in [1.54, 1.807) is 0 Å². The van der Waals surface area contributed by atoms with Gasteiger partial charge in [-0.1, -0.05) is 0 Å². The smallest absolute Gasteiger partial charge is 0.550 e.